The third kappa shape index (κ3) is 3.51. The molecule has 2 atom stereocenters. The predicted molar refractivity (Wildman–Crippen MR) is 123 cm³/mol. The van der Waals surface area contributed by atoms with E-state index in [2.05, 4.69) is 0 Å². The van der Waals surface area contributed by atoms with E-state index in [-0.39, 0.29) is 17.6 Å². The molecular weight excluding hydrogens is 407 g/mol. The molecule has 4 rings (SSSR count). The van der Waals surface area contributed by atoms with Crippen LogP contribution in [0.15, 0.2) is 23.3 Å². The third-order valence-corrected chi connectivity index (χ3v) is 6.91. The van der Waals surface area contributed by atoms with Crippen molar-refractivity contribution < 1.29 is 19.1 Å². The lowest BCUT2D eigenvalue weighted by molar-refractivity contribution is -0.123. The Morgan fingerprint density at radius 1 is 1.28 bits per heavy atom. The van der Waals surface area contributed by atoms with Gasteiger partial charge in [0.1, 0.15) is 11.9 Å². The van der Waals surface area contributed by atoms with E-state index >= 15 is 0 Å². The minimum Gasteiger partial charge on any atom is -0.381 e. The number of hydrogen-bond acceptors (Lipinski definition) is 5. The minimum atomic E-state index is -1.38. The zero-order valence-corrected chi connectivity index (χ0v) is 19.0. The average molecular weight is 437 g/mol. The van der Waals surface area contributed by atoms with Gasteiger partial charge in [-0.2, -0.15) is 0 Å². The van der Waals surface area contributed by atoms with Crippen LogP contribution in [0.4, 0.5) is 4.39 Å². The molecule has 2 aromatic rings. The topological polar surface area (TPSA) is 93.3 Å². The Morgan fingerprint density at radius 2 is 2.00 bits per heavy atom. The normalized spacial score (nSPS) is 20.3. The number of hydrogen-bond donors (Lipinski definition) is 2. The van der Waals surface area contributed by atoms with E-state index in [9.17, 15) is 19.1 Å². The SMILES string of the molecule is CC/C(C(C)=O)=C(/C=C1\CCc2c1nc1cc(F)c(C)c3c1c2[C@@H](N)CC3)C(O)C(C)=O. The number of nitrogens with zero attached hydrogens (tertiary/aromatic N) is 1. The highest BCUT2D eigenvalue weighted by Gasteiger charge is 2.32. The molecule has 0 fully saturated rings. The number of ketones is 2. The quantitative estimate of drug-likeness (QED) is 0.685. The highest BCUT2D eigenvalue weighted by Crippen LogP contribution is 2.44. The van der Waals surface area contributed by atoms with Crippen LogP contribution >= 0.6 is 0 Å². The molecule has 0 radical (unpaired) electrons. The van der Waals surface area contributed by atoms with E-state index in [4.69, 9.17) is 10.7 Å². The first-order chi connectivity index (χ1) is 15.1. The van der Waals surface area contributed by atoms with Gasteiger partial charge < -0.3 is 10.8 Å². The van der Waals surface area contributed by atoms with E-state index in [1.54, 1.807) is 13.0 Å². The van der Waals surface area contributed by atoms with Crippen LogP contribution in [0.3, 0.4) is 0 Å². The maximum absolute atomic E-state index is 14.6. The van der Waals surface area contributed by atoms with Crippen molar-refractivity contribution in [3.8, 4) is 0 Å². The summed E-state index contributed by atoms with van der Waals surface area (Å²) in [5, 5.41) is 11.6. The summed E-state index contributed by atoms with van der Waals surface area (Å²) >= 11 is 0. The number of carbonyl (C=O) groups is 2. The second kappa shape index (κ2) is 8.34. The molecule has 0 saturated heterocycles. The maximum Gasteiger partial charge on any atom is 0.162 e. The zero-order chi connectivity index (χ0) is 23.3. The smallest absolute Gasteiger partial charge is 0.162 e. The number of aliphatic hydroxyl groups is 1. The van der Waals surface area contributed by atoms with Gasteiger partial charge >= 0.3 is 0 Å². The molecule has 3 N–H and O–H groups in total. The van der Waals surface area contributed by atoms with Gasteiger partial charge in [0, 0.05) is 23.1 Å². The summed E-state index contributed by atoms with van der Waals surface area (Å²) in [4.78, 5) is 29.0. The van der Waals surface area contributed by atoms with Crippen molar-refractivity contribution in [1.82, 2.24) is 4.98 Å². The molecule has 168 valence electrons. The van der Waals surface area contributed by atoms with Gasteiger partial charge in [0.25, 0.3) is 0 Å². The molecule has 1 aromatic carbocycles. The number of allylic oxidation sites excluding steroid dienone is 2. The summed E-state index contributed by atoms with van der Waals surface area (Å²) in [5.41, 5.74) is 13.2. The Kier molecular flexibility index (Phi) is 5.86. The molecule has 0 spiro atoms. The van der Waals surface area contributed by atoms with Gasteiger partial charge in [0.15, 0.2) is 11.6 Å². The number of halogens is 1. The van der Waals surface area contributed by atoms with Crippen LogP contribution in [0, 0.1) is 12.7 Å². The highest BCUT2D eigenvalue weighted by molar-refractivity contribution is 5.98. The number of aryl methyl sites for hydroxylation is 1. The van der Waals surface area contributed by atoms with Crippen LogP contribution in [0.5, 0.6) is 0 Å². The number of pyridine rings is 1. The Bertz CT molecular complexity index is 1230. The van der Waals surface area contributed by atoms with Gasteiger partial charge in [0.05, 0.1) is 11.2 Å². The van der Waals surface area contributed by atoms with Gasteiger partial charge in [-0.1, -0.05) is 13.0 Å². The molecule has 6 heteroatoms. The molecule has 0 saturated carbocycles. The van der Waals surface area contributed by atoms with E-state index < -0.39 is 11.9 Å². The lowest BCUT2D eigenvalue weighted by Crippen LogP contribution is -2.22. The van der Waals surface area contributed by atoms with Crippen LogP contribution in [-0.4, -0.2) is 27.8 Å². The number of benzene rings is 1. The fourth-order valence-electron chi connectivity index (χ4n) is 5.24. The Balaban J connectivity index is 1.99. The molecule has 32 heavy (non-hydrogen) atoms. The van der Waals surface area contributed by atoms with Crippen LogP contribution in [0.1, 0.15) is 74.0 Å². The van der Waals surface area contributed by atoms with Crippen molar-refractivity contribution in [2.75, 3.05) is 0 Å². The van der Waals surface area contributed by atoms with Crippen molar-refractivity contribution in [2.45, 2.75) is 71.9 Å². The second-order valence-corrected chi connectivity index (χ2v) is 8.88. The van der Waals surface area contributed by atoms with Crippen molar-refractivity contribution in [2.24, 2.45) is 5.73 Å². The van der Waals surface area contributed by atoms with Crippen LogP contribution in [0.2, 0.25) is 0 Å². The fourth-order valence-corrected chi connectivity index (χ4v) is 5.24. The van der Waals surface area contributed by atoms with E-state index in [1.807, 2.05) is 6.92 Å². The lowest BCUT2D eigenvalue weighted by Gasteiger charge is -2.27. The summed E-state index contributed by atoms with van der Waals surface area (Å²) in [6.07, 6.45) is 3.63. The number of carbonyl (C=O) groups excluding carboxylic acids is 2. The number of aromatic nitrogens is 1. The number of rotatable bonds is 5. The number of aliphatic hydroxyl groups excluding tert-OH is 1. The summed E-state index contributed by atoms with van der Waals surface area (Å²) in [6.45, 7) is 6.37. The van der Waals surface area contributed by atoms with Crippen molar-refractivity contribution >= 4 is 28.0 Å². The average Bonchev–Trinajstić information content (AvgIpc) is 3.14. The molecule has 0 aliphatic heterocycles. The number of Topliss-reactive ketones (excluding diaryl/α,β-unsaturated/α-hetero) is 2. The molecule has 1 unspecified atom stereocenters. The van der Waals surface area contributed by atoms with E-state index in [0.717, 1.165) is 52.6 Å². The van der Waals surface area contributed by atoms with Crippen LogP contribution in [-0.2, 0) is 22.4 Å². The van der Waals surface area contributed by atoms with Crippen LogP contribution < -0.4 is 5.73 Å². The highest BCUT2D eigenvalue weighted by atomic mass is 19.1. The van der Waals surface area contributed by atoms with Crippen molar-refractivity contribution in [1.29, 1.82) is 0 Å². The predicted octanol–water partition coefficient (Wildman–Crippen LogP) is 4.20. The van der Waals surface area contributed by atoms with Crippen LogP contribution in [0.25, 0.3) is 16.5 Å². The molecular formula is C26H29FN2O3. The molecule has 1 heterocycles. The first-order valence-corrected chi connectivity index (χ1v) is 11.2. The second-order valence-electron chi connectivity index (χ2n) is 8.88. The summed E-state index contributed by atoms with van der Waals surface area (Å²) < 4.78 is 14.6. The summed E-state index contributed by atoms with van der Waals surface area (Å²) in [7, 11) is 0. The van der Waals surface area contributed by atoms with E-state index in [1.165, 1.54) is 19.9 Å². The Labute approximate surface area is 187 Å². The number of nitrogens with two attached hydrogens (primary N) is 1. The molecule has 2 aliphatic rings. The van der Waals surface area contributed by atoms with Gasteiger partial charge in [-0.05, 0) is 86.3 Å². The first kappa shape index (κ1) is 22.5. The lowest BCUT2D eigenvalue weighted by atomic mass is 9.82. The Morgan fingerprint density at radius 3 is 2.62 bits per heavy atom. The zero-order valence-electron chi connectivity index (χ0n) is 19.0. The monoisotopic (exact) mass is 436 g/mol. The van der Waals surface area contributed by atoms with Gasteiger partial charge in [0.2, 0.25) is 0 Å². The van der Waals surface area contributed by atoms with Gasteiger partial charge in [-0.25, -0.2) is 9.37 Å². The molecule has 0 bridgehead atoms. The molecule has 5 nitrogen and oxygen atoms in total. The summed E-state index contributed by atoms with van der Waals surface area (Å²) in [6, 6.07) is 1.33. The van der Waals surface area contributed by atoms with Crippen molar-refractivity contribution in [3.63, 3.8) is 0 Å². The maximum atomic E-state index is 14.6. The fraction of sp³-hybridized carbons (Fsp3) is 0.423. The molecule has 2 aliphatic carbocycles. The standard InChI is InChI=1S/C26H29FN2O3/c1-5-16(13(3)30)19(26(32)14(4)31)10-15-6-7-18-23-21(28)9-8-17-12(2)20(27)11-22(24(17)23)29-25(15)18/h10-11,21,26,32H,5-9,28H2,1-4H3/b15-10+,19-16+/t21-,26?/m0/s1. The minimum absolute atomic E-state index is 0.146. The van der Waals surface area contributed by atoms with E-state index in [0.29, 0.717) is 35.1 Å². The first-order valence-electron chi connectivity index (χ1n) is 11.2. The summed E-state index contributed by atoms with van der Waals surface area (Å²) in [5.74, 6) is -0.876. The molecule has 0 amide bonds. The van der Waals surface area contributed by atoms with Gasteiger partial charge in [-0.15, -0.1) is 0 Å². The Hall–Kier alpha value is -2.70. The number of fused-ring (bicyclic) bond motifs is 2. The largest absolute Gasteiger partial charge is 0.381 e. The van der Waals surface area contributed by atoms with Crippen molar-refractivity contribution in [3.05, 3.63) is 57.1 Å². The van der Waals surface area contributed by atoms with Gasteiger partial charge in [-0.3, -0.25) is 9.59 Å². The molecule has 1 aromatic heterocycles. The third-order valence-electron chi connectivity index (χ3n) is 6.91.